The third-order valence-electron chi connectivity index (χ3n) is 2.50. The van der Waals surface area contributed by atoms with E-state index in [2.05, 4.69) is 18.5 Å². The first kappa shape index (κ1) is 13.6. The van der Waals surface area contributed by atoms with Crippen molar-refractivity contribution in [3.8, 4) is 0 Å². The van der Waals surface area contributed by atoms with Gasteiger partial charge in [-0.15, -0.1) is 0 Å². The monoisotopic (exact) mass is 239 g/mol. The predicted octanol–water partition coefficient (Wildman–Crippen LogP) is 1.69. The van der Waals surface area contributed by atoms with E-state index < -0.39 is 6.10 Å². The van der Waals surface area contributed by atoms with Gasteiger partial charge >= 0.3 is 0 Å². The number of aliphatic hydroxyl groups excluding tert-OH is 1. The summed E-state index contributed by atoms with van der Waals surface area (Å²) in [6.07, 6.45) is 1.71. The topological polar surface area (TPSA) is 50.7 Å². The molecule has 2 N–H and O–H groups in total. The Bertz CT molecular complexity index is 323. The van der Waals surface area contributed by atoms with Crippen LogP contribution in [0.15, 0.2) is 36.4 Å². The molecule has 2 atom stereocenters. The molecule has 0 spiro atoms. The van der Waals surface area contributed by atoms with Gasteiger partial charge in [-0.2, -0.15) is 0 Å². The van der Waals surface area contributed by atoms with Crippen molar-refractivity contribution >= 4 is 0 Å². The van der Waals surface area contributed by atoms with E-state index in [4.69, 9.17) is 9.47 Å². The lowest BCUT2D eigenvalue weighted by atomic mass is 10.0. The van der Waals surface area contributed by atoms with Gasteiger partial charge in [-0.25, -0.2) is 0 Å². The molecule has 1 heterocycles. The fraction of sp³-hybridized carbons (Fsp3) is 0.538. The van der Waals surface area contributed by atoms with Gasteiger partial charge < -0.3 is 19.9 Å². The summed E-state index contributed by atoms with van der Waals surface area (Å²) in [5, 5.41) is 13.0. The number of rotatable bonds is 6. The highest BCUT2D eigenvalue weighted by atomic mass is 16.5. The SMILES string of the molecule is C=C(OCC)C1=C[C@@H](O)C[C@@H](C(=C)OCC)N1. The fourth-order valence-electron chi connectivity index (χ4n) is 1.72. The molecule has 1 aliphatic heterocycles. The van der Waals surface area contributed by atoms with Crippen molar-refractivity contribution in [3.63, 3.8) is 0 Å². The first-order chi connectivity index (χ1) is 8.08. The van der Waals surface area contributed by atoms with Gasteiger partial charge in [0.15, 0.2) is 0 Å². The Hall–Kier alpha value is -1.42. The van der Waals surface area contributed by atoms with Crippen molar-refractivity contribution < 1.29 is 14.6 Å². The molecule has 0 unspecified atom stereocenters. The Morgan fingerprint density at radius 2 is 2.06 bits per heavy atom. The third-order valence-corrected chi connectivity index (χ3v) is 2.50. The molecule has 0 radical (unpaired) electrons. The summed E-state index contributed by atoms with van der Waals surface area (Å²) in [5.74, 6) is 1.15. The number of nitrogens with one attached hydrogen (secondary N) is 1. The van der Waals surface area contributed by atoms with Crippen LogP contribution in [0, 0.1) is 0 Å². The second kappa shape index (κ2) is 6.35. The maximum absolute atomic E-state index is 9.77. The van der Waals surface area contributed by atoms with Crippen LogP contribution in [-0.4, -0.2) is 30.5 Å². The van der Waals surface area contributed by atoms with Gasteiger partial charge in [0, 0.05) is 6.42 Å². The molecule has 17 heavy (non-hydrogen) atoms. The third kappa shape index (κ3) is 3.82. The molecule has 96 valence electrons. The molecular weight excluding hydrogens is 218 g/mol. The molecule has 0 aromatic carbocycles. The molecule has 0 bridgehead atoms. The average Bonchev–Trinajstić information content (AvgIpc) is 2.29. The standard InChI is InChI=1S/C13H21NO3/c1-5-16-9(3)12-7-11(15)8-13(14-12)10(4)17-6-2/h7,11,13-15H,3-6,8H2,1-2H3/t11-,13+/m1/s1. The van der Waals surface area contributed by atoms with Crippen LogP contribution in [0.2, 0.25) is 0 Å². The second-order valence-electron chi connectivity index (χ2n) is 3.84. The summed E-state index contributed by atoms with van der Waals surface area (Å²) in [6, 6.07) is -0.109. The first-order valence-electron chi connectivity index (χ1n) is 5.88. The van der Waals surface area contributed by atoms with Crippen LogP contribution in [0.1, 0.15) is 20.3 Å². The maximum atomic E-state index is 9.77. The zero-order chi connectivity index (χ0) is 12.8. The van der Waals surface area contributed by atoms with Gasteiger partial charge in [0.25, 0.3) is 0 Å². The van der Waals surface area contributed by atoms with Crippen LogP contribution < -0.4 is 5.32 Å². The van der Waals surface area contributed by atoms with Crippen molar-refractivity contribution in [1.82, 2.24) is 5.32 Å². The van der Waals surface area contributed by atoms with Crippen molar-refractivity contribution in [2.75, 3.05) is 13.2 Å². The van der Waals surface area contributed by atoms with E-state index in [1.807, 2.05) is 13.8 Å². The number of aliphatic hydroxyl groups is 1. The lowest BCUT2D eigenvalue weighted by molar-refractivity contribution is 0.148. The minimum atomic E-state index is -0.536. The van der Waals surface area contributed by atoms with E-state index in [-0.39, 0.29) is 6.04 Å². The van der Waals surface area contributed by atoms with Crippen molar-refractivity contribution in [2.24, 2.45) is 0 Å². The lowest BCUT2D eigenvalue weighted by Crippen LogP contribution is -2.39. The van der Waals surface area contributed by atoms with E-state index in [1.165, 1.54) is 0 Å². The zero-order valence-corrected chi connectivity index (χ0v) is 10.5. The summed E-state index contributed by atoms with van der Waals surface area (Å²) in [7, 11) is 0. The quantitative estimate of drug-likeness (QED) is 0.693. The molecule has 0 aromatic rings. The molecule has 0 aromatic heterocycles. The average molecular weight is 239 g/mol. The molecule has 0 aliphatic carbocycles. The van der Waals surface area contributed by atoms with Crippen LogP contribution in [0.5, 0.6) is 0 Å². The minimum absolute atomic E-state index is 0.109. The molecule has 4 heteroatoms. The molecule has 1 aliphatic rings. The summed E-state index contributed by atoms with van der Waals surface area (Å²) in [5.41, 5.74) is 0.705. The van der Waals surface area contributed by atoms with Gasteiger partial charge in [-0.3, -0.25) is 0 Å². The smallest absolute Gasteiger partial charge is 0.134 e. The normalized spacial score (nSPS) is 23.4. The van der Waals surface area contributed by atoms with Crippen LogP contribution in [0.3, 0.4) is 0 Å². The summed E-state index contributed by atoms with van der Waals surface area (Å²) >= 11 is 0. The Morgan fingerprint density at radius 1 is 1.41 bits per heavy atom. The van der Waals surface area contributed by atoms with E-state index in [9.17, 15) is 5.11 Å². The molecule has 0 fully saturated rings. The van der Waals surface area contributed by atoms with Crippen molar-refractivity contribution in [1.29, 1.82) is 0 Å². The molecule has 1 rings (SSSR count). The largest absolute Gasteiger partial charge is 0.497 e. The lowest BCUT2D eigenvalue weighted by Gasteiger charge is -2.29. The van der Waals surface area contributed by atoms with Crippen LogP contribution in [-0.2, 0) is 9.47 Å². The van der Waals surface area contributed by atoms with Gasteiger partial charge in [0.05, 0.1) is 31.1 Å². The van der Waals surface area contributed by atoms with Crippen LogP contribution in [0.25, 0.3) is 0 Å². The van der Waals surface area contributed by atoms with Crippen molar-refractivity contribution in [3.05, 3.63) is 36.4 Å². The molecule has 0 saturated heterocycles. The Kier molecular flexibility index (Phi) is 5.10. The van der Waals surface area contributed by atoms with Gasteiger partial charge in [-0.1, -0.05) is 13.2 Å². The van der Waals surface area contributed by atoms with E-state index in [1.54, 1.807) is 6.08 Å². The molecule has 4 nitrogen and oxygen atoms in total. The second-order valence-corrected chi connectivity index (χ2v) is 3.84. The Labute approximate surface area is 103 Å². The maximum Gasteiger partial charge on any atom is 0.134 e. The minimum Gasteiger partial charge on any atom is -0.497 e. The summed E-state index contributed by atoms with van der Waals surface area (Å²) in [6.45, 7) is 12.6. The predicted molar refractivity (Wildman–Crippen MR) is 67.2 cm³/mol. The van der Waals surface area contributed by atoms with Crippen molar-refractivity contribution in [2.45, 2.75) is 32.4 Å². The van der Waals surface area contributed by atoms with Crippen LogP contribution >= 0.6 is 0 Å². The van der Waals surface area contributed by atoms with Crippen LogP contribution in [0.4, 0.5) is 0 Å². The first-order valence-corrected chi connectivity index (χ1v) is 5.88. The molecule has 0 amide bonds. The fourth-order valence-corrected chi connectivity index (χ4v) is 1.72. The number of ether oxygens (including phenoxy) is 2. The Morgan fingerprint density at radius 3 is 2.65 bits per heavy atom. The van der Waals surface area contributed by atoms with E-state index in [0.717, 1.165) is 0 Å². The van der Waals surface area contributed by atoms with E-state index >= 15 is 0 Å². The highest BCUT2D eigenvalue weighted by molar-refractivity contribution is 5.28. The number of hydrogen-bond donors (Lipinski definition) is 2. The summed E-state index contributed by atoms with van der Waals surface area (Å²) in [4.78, 5) is 0. The highest BCUT2D eigenvalue weighted by Crippen LogP contribution is 2.20. The zero-order valence-electron chi connectivity index (χ0n) is 10.5. The van der Waals surface area contributed by atoms with Gasteiger partial charge in [-0.05, 0) is 19.9 Å². The molecule has 0 saturated carbocycles. The van der Waals surface area contributed by atoms with Gasteiger partial charge in [0.2, 0.25) is 0 Å². The highest BCUT2D eigenvalue weighted by Gasteiger charge is 2.24. The van der Waals surface area contributed by atoms with Gasteiger partial charge in [0.1, 0.15) is 11.5 Å². The number of hydrogen-bond acceptors (Lipinski definition) is 4. The molecular formula is C13H21NO3. The Balaban J connectivity index is 2.68. The summed E-state index contributed by atoms with van der Waals surface area (Å²) < 4.78 is 10.7. The van der Waals surface area contributed by atoms with E-state index in [0.29, 0.717) is 36.8 Å².